The number of hydrogen-bond acceptors (Lipinski definition) is 5. The molecule has 2 amide bonds. The van der Waals surface area contributed by atoms with Crippen LogP contribution in [0.25, 0.3) is 0 Å². The van der Waals surface area contributed by atoms with Crippen LogP contribution in [0.5, 0.6) is 0 Å². The Morgan fingerprint density at radius 1 is 1.05 bits per heavy atom. The van der Waals surface area contributed by atoms with Gasteiger partial charge in [0.15, 0.2) is 0 Å². The smallest absolute Gasteiger partial charge is 0.442 e. The Balaban J connectivity index is 4.88. The largest absolute Gasteiger partial charge is 0.444 e. The number of carbonyl (C=O) groups is 2. The van der Waals surface area contributed by atoms with Gasteiger partial charge in [-0.2, -0.15) is 0 Å². The molecule has 0 heterocycles. The van der Waals surface area contributed by atoms with Gasteiger partial charge >= 0.3 is 12.2 Å². The highest BCUT2D eigenvalue weighted by molar-refractivity contribution is 6.21. The second kappa shape index (κ2) is 7.13. The molecule has 0 saturated heterocycles. The third-order valence-corrected chi connectivity index (χ3v) is 1.63. The lowest BCUT2D eigenvalue weighted by atomic mass is 10.2. The van der Waals surface area contributed by atoms with Crippen molar-refractivity contribution in [2.45, 2.75) is 58.1 Å². The van der Waals surface area contributed by atoms with Gasteiger partial charge in [-0.1, -0.05) is 5.06 Å². The highest BCUT2D eigenvalue weighted by Crippen LogP contribution is 2.15. The van der Waals surface area contributed by atoms with Crippen LogP contribution in [0.3, 0.4) is 0 Å². The second-order valence-corrected chi connectivity index (χ2v) is 6.77. The quantitative estimate of drug-likeness (QED) is 0.589. The third-order valence-electron chi connectivity index (χ3n) is 1.50. The molecule has 0 saturated carbocycles. The summed E-state index contributed by atoms with van der Waals surface area (Å²) < 4.78 is 10.1. The number of ether oxygens (including phenoxy) is 2. The number of imide groups is 1. The van der Waals surface area contributed by atoms with E-state index in [2.05, 4.69) is 6.92 Å². The minimum atomic E-state index is -0.968. The van der Waals surface area contributed by atoms with E-state index in [0.29, 0.717) is 5.06 Å². The maximum atomic E-state index is 11.9. The minimum absolute atomic E-state index is 0.139. The zero-order valence-electron chi connectivity index (χ0n) is 12.9. The van der Waals surface area contributed by atoms with E-state index in [0.717, 1.165) is 0 Å². The molecule has 0 aromatic carbocycles. The fourth-order valence-electron chi connectivity index (χ4n) is 0.942. The summed E-state index contributed by atoms with van der Waals surface area (Å²) in [5.41, 5.74) is -1.54. The van der Waals surface area contributed by atoms with E-state index in [1.165, 1.54) is 0 Å². The van der Waals surface area contributed by atoms with Crippen molar-refractivity contribution in [1.29, 1.82) is 0 Å². The van der Waals surface area contributed by atoms with Crippen molar-refractivity contribution in [3.63, 3.8) is 0 Å². The molecule has 0 rings (SSSR count). The van der Waals surface area contributed by atoms with Crippen LogP contribution in [0.1, 0.15) is 41.5 Å². The van der Waals surface area contributed by atoms with Crippen LogP contribution in [0.2, 0.25) is 0 Å². The molecule has 0 spiro atoms. The summed E-state index contributed by atoms with van der Waals surface area (Å²) in [4.78, 5) is 28.8. The Kier molecular flexibility index (Phi) is 6.77. The maximum absolute atomic E-state index is 11.9. The fraction of sp³-hybridized carbons (Fsp3) is 0.769. The van der Waals surface area contributed by atoms with E-state index in [1.54, 1.807) is 41.5 Å². The standard InChI is InChI=1S/C13H23ClNO5/c1-9(14)8-18-15(10(16)19-12(2,3)4)11(17)20-13(5,6)7/h9H,1,8H2,2-7H3. The number of carbonyl (C=O) groups excluding carboxylic acids is 2. The molecule has 0 aliphatic heterocycles. The molecule has 20 heavy (non-hydrogen) atoms. The first kappa shape index (κ1) is 19.0. The molecule has 0 N–H and O–H groups in total. The molecular formula is C13H23ClNO5. The molecule has 6 nitrogen and oxygen atoms in total. The normalized spacial score (nSPS) is 13.6. The summed E-state index contributed by atoms with van der Waals surface area (Å²) in [5.74, 6) is 0. The summed E-state index contributed by atoms with van der Waals surface area (Å²) in [6.45, 7) is 13.4. The molecule has 0 bridgehead atoms. The highest BCUT2D eigenvalue weighted by Gasteiger charge is 2.32. The fourth-order valence-corrected chi connectivity index (χ4v) is 0.998. The molecule has 0 fully saturated rings. The second-order valence-electron chi connectivity index (χ2n) is 6.15. The molecule has 1 radical (unpaired) electrons. The van der Waals surface area contributed by atoms with Crippen LogP contribution >= 0.6 is 11.6 Å². The van der Waals surface area contributed by atoms with Crippen molar-refractivity contribution in [1.82, 2.24) is 5.06 Å². The summed E-state index contributed by atoms with van der Waals surface area (Å²) in [5, 5.41) is -0.209. The number of rotatable bonds is 3. The molecule has 1 atom stereocenters. The zero-order chi connectivity index (χ0) is 16.1. The Morgan fingerprint density at radius 2 is 1.40 bits per heavy atom. The Labute approximate surface area is 125 Å². The summed E-state index contributed by atoms with van der Waals surface area (Å²) in [7, 11) is 0. The zero-order valence-corrected chi connectivity index (χ0v) is 13.6. The lowest BCUT2D eigenvalue weighted by molar-refractivity contribution is -0.136. The van der Waals surface area contributed by atoms with Gasteiger partial charge in [0, 0.05) is 0 Å². The number of hydroxylamine groups is 2. The minimum Gasteiger partial charge on any atom is -0.442 e. The van der Waals surface area contributed by atoms with E-state index in [-0.39, 0.29) is 6.61 Å². The number of halogens is 1. The molecular weight excluding hydrogens is 286 g/mol. The van der Waals surface area contributed by atoms with Crippen LogP contribution in [0.4, 0.5) is 9.59 Å². The van der Waals surface area contributed by atoms with Crippen molar-refractivity contribution >= 4 is 23.8 Å². The predicted molar refractivity (Wildman–Crippen MR) is 75.3 cm³/mol. The molecule has 0 aliphatic carbocycles. The van der Waals surface area contributed by atoms with Crippen LogP contribution < -0.4 is 0 Å². The van der Waals surface area contributed by atoms with Gasteiger partial charge in [-0.15, -0.1) is 11.6 Å². The van der Waals surface area contributed by atoms with Gasteiger partial charge in [-0.05, 0) is 48.5 Å². The Hall–Kier alpha value is -1.01. The van der Waals surface area contributed by atoms with E-state index in [9.17, 15) is 9.59 Å². The van der Waals surface area contributed by atoms with Gasteiger partial charge in [0.25, 0.3) is 0 Å². The molecule has 0 aliphatic rings. The Bertz CT molecular complexity index is 316. The average molecular weight is 309 g/mol. The first-order valence-corrected chi connectivity index (χ1v) is 6.61. The van der Waals surface area contributed by atoms with E-state index in [4.69, 9.17) is 25.9 Å². The molecule has 7 heteroatoms. The Morgan fingerprint density at radius 3 is 1.65 bits per heavy atom. The monoisotopic (exact) mass is 308 g/mol. The average Bonchev–Trinajstić information content (AvgIpc) is 2.10. The van der Waals surface area contributed by atoms with Crippen molar-refractivity contribution in [2.75, 3.05) is 6.61 Å². The number of amides is 2. The van der Waals surface area contributed by atoms with Crippen molar-refractivity contribution < 1.29 is 23.9 Å². The lowest BCUT2D eigenvalue weighted by Gasteiger charge is -2.27. The SMILES string of the molecule is [CH2]C(Cl)CON(C(=O)OC(C)(C)C)C(=O)OC(C)(C)C. The van der Waals surface area contributed by atoms with Crippen molar-refractivity contribution in [3.8, 4) is 0 Å². The van der Waals surface area contributed by atoms with Crippen LogP contribution in [0, 0.1) is 6.92 Å². The van der Waals surface area contributed by atoms with Gasteiger partial charge in [-0.3, -0.25) is 4.84 Å². The number of hydrogen-bond donors (Lipinski definition) is 0. The van der Waals surface area contributed by atoms with Gasteiger partial charge in [-0.25, -0.2) is 9.59 Å². The summed E-state index contributed by atoms with van der Waals surface area (Å²) >= 11 is 5.63. The number of nitrogens with zero attached hydrogens (tertiary/aromatic N) is 1. The first-order chi connectivity index (χ1) is 8.82. The van der Waals surface area contributed by atoms with Crippen LogP contribution in [-0.4, -0.2) is 40.4 Å². The molecule has 0 aromatic heterocycles. The van der Waals surface area contributed by atoms with Crippen LogP contribution in [-0.2, 0) is 14.3 Å². The lowest BCUT2D eigenvalue weighted by Crippen LogP contribution is -2.44. The molecule has 1 unspecified atom stereocenters. The maximum Gasteiger partial charge on any atom is 0.444 e. The number of alkyl halides is 1. The van der Waals surface area contributed by atoms with Gasteiger partial charge < -0.3 is 9.47 Å². The van der Waals surface area contributed by atoms with E-state index >= 15 is 0 Å². The van der Waals surface area contributed by atoms with Crippen LogP contribution in [0.15, 0.2) is 0 Å². The highest BCUT2D eigenvalue weighted by atomic mass is 35.5. The van der Waals surface area contributed by atoms with Crippen molar-refractivity contribution in [3.05, 3.63) is 6.92 Å². The van der Waals surface area contributed by atoms with Gasteiger partial charge in [0.1, 0.15) is 11.2 Å². The van der Waals surface area contributed by atoms with Gasteiger partial charge in [0.2, 0.25) is 0 Å². The predicted octanol–water partition coefficient (Wildman–Crippen LogP) is 3.53. The topological polar surface area (TPSA) is 65.1 Å². The summed E-state index contributed by atoms with van der Waals surface area (Å²) in [6.07, 6.45) is -1.94. The third kappa shape index (κ3) is 8.98. The van der Waals surface area contributed by atoms with E-state index in [1.807, 2.05) is 0 Å². The molecule has 0 aromatic rings. The van der Waals surface area contributed by atoms with E-state index < -0.39 is 28.8 Å². The summed E-state index contributed by atoms with van der Waals surface area (Å²) in [6, 6.07) is 0. The van der Waals surface area contributed by atoms with Crippen molar-refractivity contribution in [2.24, 2.45) is 0 Å². The van der Waals surface area contributed by atoms with Gasteiger partial charge in [0.05, 0.1) is 12.0 Å². The first-order valence-electron chi connectivity index (χ1n) is 6.18. The molecule has 117 valence electrons.